The Labute approximate surface area is 113 Å². The summed E-state index contributed by atoms with van der Waals surface area (Å²) in [6, 6.07) is 6.11. The Balaban J connectivity index is 1.83. The molecule has 0 spiro atoms. The molecule has 0 unspecified atom stereocenters. The fraction of sp³-hybridized carbons (Fsp3) is 0.500. The maximum Gasteiger partial charge on any atom is 0.151 e. The molecule has 1 aliphatic rings. The molecule has 100 valence electrons. The van der Waals surface area contributed by atoms with Gasteiger partial charge in [-0.1, -0.05) is 6.92 Å². The summed E-state index contributed by atoms with van der Waals surface area (Å²) < 4.78 is 1.99. The number of aromatic nitrogens is 4. The van der Waals surface area contributed by atoms with E-state index in [2.05, 4.69) is 33.2 Å². The normalized spacial score (nSPS) is 15.1. The predicted molar refractivity (Wildman–Crippen MR) is 75.0 cm³/mol. The Kier molecular flexibility index (Phi) is 3.44. The third-order valence-electron chi connectivity index (χ3n) is 3.49. The quantitative estimate of drug-likeness (QED) is 0.843. The average Bonchev–Trinajstić information content (AvgIpc) is 3.10. The molecule has 1 fully saturated rings. The maximum absolute atomic E-state index is 4.36. The first-order chi connectivity index (χ1) is 9.38. The smallest absolute Gasteiger partial charge is 0.151 e. The van der Waals surface area contributed by atoms with Gasteiger partial charge in [0.1, 0.15) is 5.69 Å². The first kappa shape index (κ1) is 12.1. The van der Waals surface area contributed by atoms with Crippen molar-refractivity contribution < 1.29 is 0 Å². The summed E-state index contributed by atoms with van der Waals surface area (Å²) in [5, 5.41) is 13.0. The van der Waals surface area contributed by atoms with Crippen molar-refractivity contribution in [3.8, 4) is 11.4 Å². The first-order valence-electron chi connectivity index (χ1n) is 6.99. The van der Waals surface area contributed by atoms with Gasteiger partial charge in [-0.3, -0.25) is 4.68 Å². The minimum atomic E-state index is 0.897. The third-order valence-corrected chi connectivity index (χ3v) is 3.49. The van der Waals surface area contributed by atoms with E-state index in [1.54, 1.807) is 0 Å². The van der Waals surface area contributed by atoms with Crippen LogP contribution < -0.4 is 4.90 Å². The standard InChI is InChI=1S/C14H19N5/c1-2-9-19-13(7-8-15-19)12-5-6-14(17-16-12)18-10-3-4-11-18/h5-8H,2-4,9-11H2,1H3. The van der Waals surface area contributed by atoms with Crippen LogP contribution in [0.25, 0.3) is 11.4 Å². The lowest BCUT2D eigenvalue weighted by atomic mass is 10.3. The fourth-order valence-electron chi connectivity index (χ4n) is 2.52. The van der Waals surface area contributed by atoms with Crippen LogP contribution in [0, 0.1) is 0 Å². The van der Waals surface area contributed by atoms with E-state index in [0.29, 0.717) is 0 Å². The summed E-state index contributed by atoms with van der Waals surface area (Å²) >= 11 is 0. The van der Waals surface area contributed by atoms with Crippen LogP contribution in [0.5, 0.6) is 0 Å². The summed E-state index contributed by atoms with van der Waals surface area (Å²) in [6.45, 7) is 5.26. The van der Waals surface area contributed by atoms with Crippen LogP contribution in [-0.4, -0.2) is 33.1 Å². The number of aryl methyl sites for hydroxylation is 1. The van der Waals surface area contributed by atoms with Gasteiger partial charge in [-0.2, -0.15) is 5.10 Å². The summed E-state index contributed by atoms with van der Waals surface area (Å²) in [7, 11) is 0. The third kappa shape index (κ3) is 2.45. The molecule has 0 saturated carbocycles. The number of rotatable bonds is 4. The number of anilines is 1. The van der Waals surface area contributed by atoms with Crippen LogP contribution in [0.2, 0.25) is 0 Å². The van der Waals surface area contributed by atoms with E-state index in [9.17, 15) is 0 Å². The highest BCUT2D eigenvalue weighted by molar-refractivity contribution is 5.55. The zero-order valence-electron chi connectivity index (χ0n) is 11.3. The van der Waals surface area contributed by atoms with E-state index in [0.717, 1.165) is 43.3 Å². The van der Waals surface area contributed by atoms with Gasteiger partial charge in [0.25, 0.3) is 0 Å². The lowest BCUT2D eigenvalue weighted by Gasteiger charge is -2.15. The highest BCUT2D eigenvalue weighted by atomic mass is 15.3. The molecular formula is C14H19N5. The van der Waals surface area contributed by atoms with E-state index < -0.39 is 0 Å². The summed E-state index contributed by atoms with van der Waals surface area (Å²) in [5.74, 6) is 0.989. The Bertz CT molecular complexity index is 525. The van der Waals surface area contributed by atoms with Crippen molar-refractivity contribution in [1.29, 1.82) is 0 Å². The number of nitrogens with zero attached hydrogens (tertiary/aromatic N) is 5. The van der Waals surface area contributed by atoms with E-state index in [1.165, 1.54) is 12.8 Å². The molecule has 2 aromatic rings. The molecule has 0 atom stereocenters. The molecule has 5 nitrogen and oxygen atoms in total. The minimum Gasteiger partial charge on any atom is -0.355 e. The SMILES string of the molecule is CCCn1nccc1-c1ccc(N2CCCC2)nn1. The molecule has 0 aromatic carbocycles. The largest absolute Gasteiger partial charge is 0.355 e. The molecule has 1 saturated heterocycles. The van der Waals surface area contributed by atoms with Crippen LogP contribution in [0.4, 0.5) is 5.82 Å². The summed E-state index contributed by atoms with van der Waals surface area (Å²) in [6.07, 6.45) is 5.40. The maximum atomic E-state index is 4.36. The minimum absolute atomic E-state index is 0.897. The summed E-state index contributed by atoms with van der Waals surface area (Å²) in [4.78, 5) is 2.29. The van der Waals surface area contributed by atoms with Crippen molar-refractivity contribution in [2.24, 2.45) is 0 Å². The molecule has 0 radical (unpaired) electrons. The Morgan fingerprint density at radius 3 is 2.63 bits per heavy atom. The van der Waals surface area contributed by atoms with Crippen molar-refractivity contribution in [1.82, 2.24) is 20.0 Å². The van der Waals surface area contributed by atoms with Gasteiger partial charge in [0.15, 0.2) is 5.82 Å². The van der Waals surface area contributed by atoms with Crippen LogP contribution in [0.1, 0.15) is 26.2 Å². The Hall–Kier alpha value is -1.91. The van der Waals surface area contributed by atoms with E-state index >= 15 is 0 Å². The van der Waals surface area contributed by atoms with Crippen LogP contribution in [-0.2, 0) is 6.54 Å². The van der Waals surface area contributed by atoms with Crippen molar-refractivity contribution >= 4 is 5.82 Å². The van der Waals surface area contributed by atoms with Crippen molar-refractivity contribution in [2.45, 2.75) is 32.7 Å². The molecule has 2 aromatic heterocycles. The topological polar surface area (TPSA) is 46.8 Å². The molecule has 5 heteroatoms. The molecule has 0 bridgehead atoms. The van der Waals surface area contributed by atoms with Crippen LogP contribution in [0.15, 0.2) is 24.4 Å². The highest BCUT2D eigenvalue weighted by Gasteiger charge is 2.14. The number of hydrogen-bond donors (Lipinski definition) is 0. The predicted octanol–water partition coefficient (Wildman–Crippen LogP) is 2.35. The van der Waals surface area contributed by atoms with Gasteiger partial charge < -0.3 is 4.90 Å². The zero-order chi connectivity index (χ0) is 13.1. The van der Waals surface area contributed by atoms with Crippen molar-refractivity contribution in [3.05, 3.63) is 24.4 Å². The molecule has 19 heavy (non-hydrogen) atoms. The van der Waals surface area contributed by atoms with Gasteiger partial charge in [0, 0.05) is 25.8 Å². The van der Waals surface area contributed by atoms with Gasteiger partial charge >= 0.3 is 0 Å². The molecule has 0 N–H and O–H groups in total. The first-order valence-corrected chi connectivity index (χ1v) is 6.99. The van der Waals surface area contributed by atoms with Gasteiger partial charge in [-0.25, -0.2) is 0 Å². The highest BCUT2D eigenvalue weighted by Crippen LogP contribution is 2.20. The molecular weight excluding hydrogens is 238 g/mol. The van der Waals surface area contributed by atoms with Crippen molar-refractivity contribution in [2.75, 3.05) is 18.0 Å². The molecule has 0 amide bonds. The zero-order valence-corrected chi connectivity index (χ0v) is 11.3. The van der Waals surface area contributed by atoms with Gasteiger partial charge in [-0.05, 0) is 37.5 Å². The van der Waals surface area contributed by atoms with E-state index in [1.807, 2.05) is 23.0 Å². The number of hydrogen-bond acceptors (Lipinski definition) is 4. The van der Waals surface area contributed by atoms with Crippen LogP contribution in [0.3, 0.4) is 0 Å². The second kappa shape index (κ2) is 5.38. The lowest BCUT2D eigenvalue weighted by Crippen LogP contribution is -2.19. The average molecular weight is 257 g/mol. The van der Waals surface area contributed by atoms with Gasteiger partial charge in [0.2, 0.25) is 0 Å². The van der Waals surface area contributed by atoms with Gasteiger partial charge in [0.05, 0.1) is 5.69 Å². The molecule has 1 aliphatic heterocycles. The van der Waals surface area contributed by atoms with Crippen molar-refractivity contribution in [3.63, 3.8) is 0 Å². The molecule has 0 aliphatic carbocycles. The van der Waals surface area contributed by atoms with E-state index in [4.69, 9.17) is 0 Å². The molecule has 3 rings (SSSR count). The monoisotopic (exact) mass is 257 g/mol. The molecule has 3 heterocycles. The Morgan fingerprint density at radius 2 is 1.95 bits per heavy atom. The second-order valence-electron chi connectivity index (χ2n) is 4.91. The fourth-order valence-corrected chi connectivity index (χ4v) is 2.52. The van der Waals surface area contributed by atoms with E-state index in [-0.39, 0.29) is 0 Å². The Morgan fingerprint density at radius 1 is 1.11 bits per heavy atom. The lowest BCUT2D eigenvalue weighted by molar-refractivity contribution is 0.607. The van der Waals surface area contributed by atoms with Gasteiger partial charge in [-0.15, -0.1) is 10.2 Å². The summed E-state index contributed by atoms with van der Waals surface area (Å²) in [5.41, 5.74) is 1.94. The van der Waals surface area contributed by atoms with Crippen LogP contribution >= 0.6 is 0 Å². The second-order valence-corrected chi connectivity index (χ2v) is 4.91.